The molecule has 0 atom stereocenters. The molecule has 0 bridgehead atoms. The molecular weight excluding hydrogens is 294 g/mol. The molecule has 0 radical (unpaired) electrons. The van der Waals surface area contributed by atoms with Crippen LogP contribution in [0.3, 0.4) is 0 Å². The highest BCUT2D eigenvalue weighted by Gasteiger charge is 2.21. The number of rotatable bonds is 4. The topological polar surface area (TPSA) is 69.6 Å². The maximum atomic E-state index is 5.88. The number of anilines is 1. The highest BCUT2D eigenvalue weighted by Crippen LogP contribution is 2.33. The lowest BCUT2D eigenvalue weighted by Crippen LogP contribution is -2.04. The van der Waals surface area contributed by atoms with Gasteiger partial charge in [-0.05, 0) is 56.9 Å². The van der Waals surface area contributed by atoms with Crippen LogP contribution in [0, 0.1) is 5.92 Å². The summed E-state index contributed by atoms with van der Waals surface area (Å²) < 4.78 is 2.75. The van der Waals surface area contributed by atoms with Crippen molar-refractivity contribution in [2.24, 2.45) is 5.92 Å². The largest absolute Gasteiger partial charge is 0.398 e. The lowest BCUT2D eigenvalue weighted by Gasteiger charge is -2.05. The van der Waals surface area contributed by atoms with E-state index in [1.165, 1.54) is 12.8 Å². The van der Waals surface area contributed by atoms with Gasteiger partial charge in [0.05, 0.1) is 0 Å². The number of aryl methyl sites for hydroxylation is 1. The second-order valence-corrected chi connectivity index (χ2v) is 5.55. The Balaban J connectivity index is 1.85. The third-order valence-corrected chi connectivity index (χ3v) is 3.95. The average Bonchev–Trinajstić information content (AvgIpc) is 3.08. The molecule has 2 aromatic rings. The quantitative estimate of drug-likeness (QED) is 0.881. The molecule has 0 spiro atoms. The summed E-state index contributed by atoms with van der Waals surface area (Å²) in [4.78, 5) is 0. The zero-order valence-electron chi connectivity index (χ0n) is 9.88. The summed E-state index contributed by atoms with van der Waals surface area (Å²) in [6.45, 7) is 0.878. The summed E-state index contributed by atoms with van der Waals surface area (Å²) in [7, 11) is 0. The third-order valence-electron chi connectivity index (χ3n) is 3.23. The van der Waals surface area contributed by atoms with Gasteiger partial charge >= 0.3 is 0 Å². The van der Waals surface area contributed by atoms with Crippen molar-refractivity contribution in [1.29, 1.82) is 0 Å². The molecule has 5 nitrogen and oxygen atoms in total. The Kier molecular flexibility index (Phi) is 3.03. The van der Waals surface area contributed by atoms with E-state index in [0.29, 0.717) is 5.69 Å². The number of halogens is 1. The smallest absolute Gasteiger partial charge is 0.182 e. The molecule has 1 aliphatic carbocycles. The van der Waals surface area contributed by atoms with Crippen molar-refractivity contribution in [3.8, 4) is 11.4 Å². The Morgan fingerprint density at radius 3 is 2.94 bits per heavy atom. The minimum atomic E-state index is 0.698. The van der Waals surface area contributed by atoms with Crippen LogP contribution >= 0.6 is 15.9 Å². The van der Waals surface area contributed by atoms with Gasteiger partial charge in [-0.2, -0.15) is 0 Å². The van der Waals surface area contributed by atoms with Crippen molar-refractivity contribution in [2.45, 2.75) is 25.8 Å². The van der Waals surface area contributed by atoms with Crippen molar-refractivity contribution in [2.75, 3.05) is 5.73 Å². The Bertz CT molecular complexity index is 561. The normalized spacial score (nSPS) is 14.9. The predicted octanol–water partition coefficient (Wildman–Crippen LogP) is 2.48. The Morgan fingerprint density at radius 2 is 2.22 bits per heavy atom. The van der Waals surface area contributed by atoms with Crippen molar-refractivity contribution in [3.63, 3.8) is 0 Å². The number of nitrogens with two attached hydrogens (primary N) is 1. The summed E-state index contributed by atoms with van der Waals surface area (Å²) >= 11 is 3.39. The van der Waals surface area contributed by atoms with Crippen LogP contribution in [0.15, 0.2) is 22.7 Å². The number of benzene rings is 1. The molecule has 1 aliphatic rings. The molecule has 1 aromatic carbocycles. The molecule has 0 amide bonds. The second-order valence-electron chi connectivity index (χ2n) is 4.69. The zero-order valence-corrected chi connectivity index (χ0v) is 11.5. The number of nitrogen functional groups attached to an aromatic ring is 1. The minimum absolute atomic E-state index is 0.698. The standard InChI is InChI=1S/C12H14BrN5/c13-10-4-3-9(7-11(10)14)12-15-16-17-18(12)6-5-8-1-2-8/h3-4,7-8H,1-2,5-6,14H2. The van der Waals surface area contributed by atoms with E-state index in [2.05, 4.69) is 31.5 Å². The van der Waals surface area contributed by atoms with E-state index >= 15 is 0 Å². The molecule has 1 heterocycles. The molecule has 0 aliphatic heterocycles. The second kappa shape index (κ2) is 4.68. The number of hydrogen-bond acceptors (Lipinski definition) is 4. The molecule has 0 saturated heterocycles. The molecule has 94 valence electrons. The van der Waals surface area contributed by atoms with Gasteiger partial charge in [-0.15, -0.1) is 5.10 Å². The SMILES string of the molecule is Nc1cc(-c2nnnn2CCC2CC2)ccc1Br. The van der Waals surface area contributed by atoms with Crippen molar-refractivity contribution in [1.82, 2.24) is 20.2 Å². The van der Waals surface area contributed by atoms with Gasteiger partial charge in [0, 0.05) is 22.3 Å². The first kappa shape index (κ1) is 11.6. The van der Waals surface area contributed by atoms with Crippen LogP contribution in [0.5, 0.6) is 0 Å². The van der Waals surface area contributed by atoms with Gasteiger partial charge in [0.25, 0.3) is 0 Å². The molecule has 1 fully saturated rings. The van der Waals surface area contributed by atoms with Crippen LogP contribution in [0.4, 0.5) is 5.69 Å². The molecular formula is C12H14BrN5. The van der Waals surface area contributed by atoms with Crippen LogP contribution in [-0.4, -0.2) is 20.2 Å². The number of hydrogen-bond donors (Lipinski definition) is 1. The predicted molar refractivity (Wildman–Crippen MR) is 72.7 cm³/mol. The highest BCUT2D eigenvalue weighted by molar-refractivity contribution is 9.10. The monoisotopic (exact) mass is 307 g/mol. The summed E-state index contributed by atoms with van der Waals surface area (Å²) in [6, 6.07) is 5.79. The van der Waals surface area contributed by atoms with Gasteiger partial charge in [0.15, 0.2) is 5.82 Å². The van der Waals surface area contributed by atoms with Gasteiger partial charge in [0.2, 0.25) is 0 Å². The fraction of sp³-hybridized carbons (Fsp3) is 0.417. The molecule has 1 saturated carbocycles. The van der Waals surface area contributed by atoms with Gasteiger partial charge in [0.1, 0.15) is 0 Å². The van der Waals surface area contributed by atoms with E-state index < -0.39 is 0 Å². The summed E-state index contributed by atoms with van der Waals surface area (Å²) in [6.07, 6.45) is 3.86. The third kappa shape index (κ3) is 2.38. The average molecular weight is 308 g/mol. The number of tetrazole rings is 1. The van der Waals surface area contributed by atoms with E-state index in [9.17, 15) is 0 Å². The minimum Gasteiger partial charge on any atom is -0.398 e. The van der Waals surface area contributed by atoms with E-state index in [-0.39, 0.29) is 0 Å². The number of nitrogens with zero attached hydrogens (tertiary/aromatic N) is 4. The summed E-state index contributed by atoms with van der Waals surface area (Å²) in [5.41, 5.74) is 7.54. The molecule has 2 N–H and O–H groups in total. The molecule has 6 heteroatoms. The maximum absolute atomic E-state index is 5.88. The first-order valence-corrected chi connectivity index (χ1v) is 6.85. The fourth-order valence-corrected chi connectivity index (χ4v) is 2.20. The summed E-state index contributed by atoms with van der Waals surface area (Å²) in [5.74, 6) is 1.66. The lowest BCUT2D eigenvalue weighted by atomic mass is 10.2. The Morgan fingerprint density at radius 1 is 1.39 bits per heavy atom. The van der Waals surface area contributed by atoms with E-state index in [1.54, 1.807) is 0 Å². The van der Waals surface area contributed by atoms with Gasteiger partial charge in [-0.25, -0.2) is 4.68 Å². The van der Waals surface area contributed by atoms with Gasteiger partial charge < -0.3 is 5.73 Å². The number of aromatic nitrogens is 4. The molecule has 18 heavy (non-hydrogen) atoms. The van der Waals surface area contributed by atoms with E-state index in [4.69, 9.17) is 5.73 Å². The van der Waals surface area contributed by atoms with Crippen molar-refractivity contribution in [3.05, 3.63) is 22.7 Å². The summed E-state index contributed by atoms with van der Waals surface area (Å²) in [5, 5.41) is 11.9. The van der Waals surface area contributed by atoms with Crippen LogP contribution in [0.1, 0.15) is 19.3 Å². The fourth-order valence-electron chi connectivity index (χ4n) is 1.96. The van der Waals surface area contributed by atoms with Crippen molar-refractivity contribution >= 4 is 21.6 Å². The maximum Gasteiger partial charge on any atom is 0.182 e. The van der Waals surface area contributed by atoms with Crippen LogP contribution < -0.4 is 5.73 Å². The lowest BCUT2D eigenvalue weighted by molar-refractivity contribution is 0.535. The molecule has 1 aromatic heterocycles. The van der Waals surface area contributed by atoms with Crippen LogP contribution in [0.25, 0.3) is 11.4 Å². The first-order chi connectivity index (χ1) is 8.74. The highest BCUT2D eigenvalue weighted by atomic mass is 79.9. The Hall–Kier alpha value is -1.43. The van der Waals surface area contributed by atoms with Crippen molar-refractivity contribution < 1.29 is 0 Å². The van der Waals surface area contributed by atoms with Crippen LogP contribution in [-0.2, 0) is 6.54 Å². The molecule has 0 unspecified atom stereocenters. The van der Waals surface area contributed by atoms with E-state index in [0.717, 1.165) is 34.7 Å². The Labute approximate surface area is 113 Å². The first-order valence-electron chi connectivity index (χ1n) is 6.05. The van der Waals surface area contributed by atoms with Gasteiger partial charge in [-0.3, -0.25) is 0 Å². The van der Waals surface area contributed by atoms with Gasteiger partial charge in [-0.1, -0.05) is 12.8 Å². The molecule has 3 rings (SSSR count). The van der Waals surface area contributed by atoms with E-state index in [1.807, 2.05) is 22.9 Å². The zero-order chi connectivity index (χ0) is 12.5. The van der Waals surface area contributed by atoms with Crippen LogP contribution in [0.2, 0.25) is 0 Å².